The van der Waals surface area contributed by atoms with Crippen molar-refractivity contribution in [3.63, 3.8) is 0 Å². The Hall–Kier alpha value is -1.10. The number of nitrogens with zero attached hydrogens (tertiary/aromatic N) is 1. The van der Waals surface area contributed by atoms with E-state index in [0.717, 1.165) is 51.9 Å². The first-order valence-electron chi connectivity index (χ1n) is 8.35. The third-order valence-electron chi connectivity index (χ3n) is 5.72. The molecule has 5 nitrogen and oxygen atoms in total. The molecule has 2 amide bonds. The molecule has 2 heterocycles. The Bertz CT molecular complexity index is 402. The molecule has 2 N–H and O–H groups in total. The smallest absolute Gasteiger partial charge is 0.225 e. The van der Waals surface area contributed by atoms with E-state index in [9.17, 15) is 9.59 Å². The fourth-order valence-corrected chi connectivity index (χ4v) is 4.26. The number of rotatable bonds is 2. The maximum absolute atomic E-state index is 12.6. The highest BCUT2D eigenvalue weighted by Gasteiger charge is 2.46. The molecular weight excluding hydrogens is 266 g/mol. The Morgan fingerprint density at radius 1 is 1.05 bits per heavy atom. The van der Waals surface area contributed by atoms with Crippen LogP contribution in [0, 0.1) is 17.3 Å². The fourth-order valence-electron chi connectivity index (χ4n) is 4.26. The average molecular weight is 293 g/mol. The fraction of sp³-hybridized carbons (Fsp3) is 0.875. The van der Waals surface area contributed by atoms with Gasteiger partial charge in [-0.3, -0.25) is 9.59 Å². The van der Waals surface area contributed by atoms with Crippen molar-refractivity contribution < 1.29 is 9.59 Å². The van der Waals surface area contributed by atoms with Gasteiger partial charge in [-0.2, -0.15) is 0 Å². The van der Waals surface area contributed by atoms with Crippen molar-refractivity contribution in [1.82, 2.24) is 15.5 Å². The van der Waals surface area contributed by atoms with Gasteiger partial charge in [0.15, 0.2) is 0 Å². The van der Waals surface area contributed by atoms with Gasteiger partial charge in [0.2, 0.25) is 11.8 Å². The molecule has 0 atom stereocenters. The van der Waals surface area contributed by atoms with Crippen LogP contribution in [0.15, 0.2) is 0 Å². The predicted octanol–water partition coefficient (Wildman–Crippen LogP) is 0.751. The molecule has 0 bridgehead atoms. The van der Waals surface area contributed by atoms with Crippen LogP contribution in [0.5, 0.6) is 0 Å². The van der Waals surface area contributed by atoms with E-state index in [0.29, 0.717) is 11.3 Å². The minimum atomic E-state index is 0.117. The highest BCUT2D eigenvalue weighted by molar-refractivity contribution is 5.81. The number of hydrogen-bond acceptors (Lipinski definition) is 3. The minimum absolute atomic E-state index is 0.117. The lowest BCUT2D eigenvalue weighted by atomic mass is 9.71. The molecule has 1 aliphatic carbocycles. The molecule has 3 rings (SSSR count). The molecule has 2 aliphatic heterocycles. The van der Waals surface area contributed by atoms with Crippen LogP contribution in [-0.2, 0) is 9.59 Å². The molecule has 5 heteroatoms. The molecule has 2 saturated heterocycles. The topological polar surface area (TPSA) is 61.4 Å². The van der Waals surface area contributed by atoms with Gasteiger partial charge in [-0.05, 0) is 51.6 Å². The lowest BCUT2D eigenvalue weighted by Gasteiger charge is -2.53. The SMILES string of the molecule is CNC(=O)C1CCC(C(=O)N2CC3(CCNCC3)C2)CC1. The standard InChI is InChI=1S/C16H27N3O2/c1-17-14(20)12-2-4-13(5-3-12)15(21)19-10-16(11-19)6-8-18-9-7-16/h12-13,18H,2-11H2,1H3,(H,17,20). The van der Waals surface area contributed by atoms with Gasteiger partial charge in [0.1, 0.15) is 0 Å². The van der Waals surface area contributed by atoms with Crippen LogP contribution in [0.1, 0.15) is 38.5 Å². The molecule has 3 fully saturated rings. The second kappa shape index (κ2) is 5.95. The van der Waals surface area contributed by atoms with Gasteiger partial charge >= 0.3 is 0 Å². The van der Waals surface area contributed by atoms with Crippen LogP contribution in [0.3, 0.4) is 0 Å². The van der Waals surface area contributed by atoms with Crippen molar-refractivity contribution in [1.29, 1.82) is 0 Å². The van der Waals surface area contributed by atoms with Gasteiger partial charge in [0.05, 0.1) is 0 Å². The second-order valence-electron chi connectivity index (χ2n) is 7.11. The summed E-state index contributed by atoms with van der Waals surface area (Å²) < 4.78 is 0. The van der Waals surface area contributed by atoms with Gasteiger partial charge in [0.25, 0.3) is 0 Å². The Labute approximate surface area is 126 Å². The summed E-state index contributed by atoms with van der Waals surface area (Å²) in [6.07, 6.45) is 5.89. The third kappa shape index (κ3) is 2.93. The number of amides is 2. The van der Waals surface area contributed by atoms with Crippen LogP contribution in [0.4, 0.5) is 0 Å². The number of hydrogen-bond donors (Lipinski definition) is 2. The van der Waals surface area contributed by atoms with E-state index < -0.39 is 0 Å². The van der Waals surface area contributed by atoms with E-state index in [4.69, 9.17) is 0 Å². The van der Waals surface area contributed by atoms with Crippen molar-refractivity contribution >= 4 is 11.8 Å². The highest BCUT2D eigenvalue weighted by atomic mass is 16.2. The predicted molar refractivity (Wildman–Crippen MR) is 80.6 cm³/mol. The number of piperidine rings is 1. The number of nitrogens with one attached hydrogen (secondary N) is 2. The summed E-state index contributed by atoms with van der Waals surface area (Å²) in [5, 5.41) is 6.12. The first kappa shape index (κ1) is 14.8. The Morgan fingerprint density at radius 3 is 2.19 bits per heavy atom. The molecule has 1 saturated carbocycles. The molecular formula is C16H27N3O2. The highest BCUT2D eigenvalue weighted by Crippen LogP contribution is 2.40. The summed E-state index contributed by atoms with van der Waals surface area (Å²) in [6, 6.07) is 0. The van der Waals surface area contributed by atoms with Crippen LogP contribution in [0.2, 0.25) is 0 Å². The Morgan fingerprint density at radius 2 is 1.62 bits per heavy atom. The maximum atomic E-state index is 12.6. The summed E-state index contributed by atoms with van der Waals surface area (Å²) in [4.78, 5) is 26.3. The van der Waals surface area contributed by atoms with E-state index in [1.165, 1.54) is 12.8 Å². The van der Waals surface area contributed by atoms with Crippen molar-refractivity contribution in [2.24, 2.45) is 17.3 Å². The van der Waals surface area contributed by atoms with E-state index in [-0.39, 0.29) is 17.7 Å². The van der Waals surface area contributed by atoms with Crippen molar-refractivity contribution in [3.8, 4) is 0 Å². The van der Waals surface area contributed by atoms with Crippen molar-refractivity contribution in [2.75, 3.05) is 33.2 Å². The molecule has 0 aromatic carbocycles. The van der Waals surface area contributed by atoms with Crippen LogP contribution in [0.25, 0.3) is 0 Å². The first-order chi connectivity index (χ1) is 10.1. The summed E-state index contributed by atoms with van der Waals surface area (Å²) in [5.74, 6) is 0.754. The van der Waals surface area contributed by atoms with E-state index >= 15 is 0 Å². The van der Waals surface area contributed by atoms with Crippen molar-refractivity contribution in [3.05, 3.63) is 0 Å². The molecule has 0 aromatic heterocycles. The molecule has 3 aliphatic rings. The molecule has 1 spiro atoms. The lowest BCUT2D eigenvalue weighted by molar-refractivity contribution is -0.151. The monoisotopic (exact) mass is 293 g/mol. The first-order valence-corrected chi connectivity index (χ1v) is 8.35. The minimum Gasteiger partial charge on any atom is -0.359 e. The average Bonchev–Trinajstić information content (AvgIpc) is 2.52. The van der Waals surface area contributed by atoms with Crippen LogP contribution < -0.4 is 10.6 Å². The van der Waals surface area contributed by atoms with Gasteiger partial charge in [-0.1, -0.05) is 0 Å². The maximum Gasteiger partial charge on any atom is 0.225 e. The van der Waals surface area contributed by atoms with Gasteiger partial charge in [-0.15, -0.1) is 0 Å². The van der Waals surface area contributed by atoms with Gasteiger partial charge in [0, 0.05) is 37.4 Å². The lowest BCUT2D eigenvalue weighted by Crippen LogP contribution is -2.62. The zero-order valence-corrected chi connectivity index (χ0v) is 13.0. The van der Waals surface area contributed by atoms with Crippen LogP contribution in [-0.4, -0.2) is 49.9 Å². The van der Waals surface area contributed by atoms with Gasteiger partial charge in [-0.25, -0.2) is 0 Å². The number of likely N-dealkylation sites (tertiary alicyclic amines) is 1. The van der Waals surface area contributed by atoms with E-state index in [1.54, 1.807) is 7.05 Å². The second-order valence-corrected chi connectivity index (χ2v) is 7.11. The van der Waals surface area contributed by atoms with Crippen molar-refractivity contribution in [2.45, 2.75) is 38.5 Å². The summed E-state index contributed by atoms with van der Waals surface area (Å²) in [7, 11) is 1.69. The molecule has 118 valence electrons. The Kier molecular flexibility index (Phi) is 4.20. The zero-order valence-electron chi connectivity index (χ0n) is 13.0. The molecule has 0 radical (unpaired) electrons. The van der Waals surface area contributed by atoms with Gasteiger partial charge < -0.3 is 15.5 Å². The number of carbonyl (C=O) groups is 2. The van der Waals surface area contributed by atoms with E-state index in [2.05, 4.69) is 15.5 Å². The molecule has 21 heavy (non-hydrogen) atoms. The summed E-state index contributed by atoms with van der Waals surface area (Å²) in [5.41, 5.74) is 0.417. The third-order valence-corrected chi connectivity index (χ3v) is 5.72. The zero-order chi connectivity index (χ0) is 14.9. The van der Waals surface area contributed by atoms with Crippen LogP contribution >= 0.6 is 0 Å². The molecule has 0 aromatic rings. The molecule has 0 unspecified atom stereocenters. The summed E-state index contributed by atoms with van der Waals surface area (Å²) in [6.45, 7) is 4.12. The largest absolute Gasteiger partial charge is 0.359 e. The van der Waals surface area contributed by atoms with E-state index in [1.807, 2.05) is 0 Å². The normalized spacial score (nSPS) is 31.6. The number of carbonyl (C=O) groups excluding carboxylic acids is 2. The quantitative estimate of drug-likeness (QED) is 0.790. The summed E-state index contributed by atoms with van der Waals surface area (Å²) >= 11 is 0. The Balaban J connectivity index is 1.46.